The molecule has 2 saturated heterocycles. The molecule has 0 aliphatic carbocycles. The lowest BCUT2D eigenvalue weighted by atomic mass is 9.80. The third-order valence-corrected chi connectivity index (χ3v) is 4.89. The Balaban J connectivity index is 1.33. The summed E-state index contributed by atoms with van der Waals surface area (Å²) in [7, 11) is 0. The van der Waals surface area contributed by atoms with Crippen molar-refractivity contribution < 1.29 is 18.8 Å². The monoisotopic (exact) mass is 360 g/mol. The lowest BCUT2D eigenvalue weighted by molar-refractivity contribution is -0.177. The van der Waals surface area contributed by atoms with Gasteiger partial charge in [-0.2, -0.15) is 10.6 Å². The van der Waals surface area contributed by atoms with Crippen LogP contribution in [0.3, 0.4) is 0 Å². The van der Waals surface area contributed by atoms with E-state index in [1.807, 2.05) is 6.07 Å². The van der Waals surface area contributed by atoms with Crippen molar-refractivity contribution in [3.63, 3.8) is 0 Å². The minimum absolute atomic E-state index is 0.0299. The van der Waals surface area contributed by atoms with E-state index in [0.717, 1.165) is 5.56 Å². The summed E-state index contributed by atoms with van der Waals surface area (Å²) in [6.45, 7) is 3.83. The number of ether oxygens (including phenoxy) is 1. The Bertz CT molecular complexity index is 805. The number of hydrogen-bond acceptors (Lipinski definition) is 5. The van der Waals surface area contributed by atoms with E-state index in [2.05, 4.69) is 22.8 Å². The molecule has 8 heteroatoms. The first-order chi connectivity index (χ1) is 12.5. The Morgan fingerprint density at radius 2 is 2.35 bits per heavy atom. The lowest BCUT2D eigenvalue weighted by Crippen LogP contribution is -2.49. The highest BCUT2D eigenvalue weighted by molar-refractivity contribution is 5.94. The highest BCUT2D eigenvalue weighted by atomic mass is 19.1. The summed E-state index contributed by atoms with van der Waals surface area (Å²) in [5.41, 5.74) is 4.18. The van der Waals surface area contributed by atoms with E-state index in [-0.39, 0.29) is 23.2 Å². The van der Waals surface area contributed by atoms with Gasteiger partial charge in [-0.3, -0.25) is 14.3 Å². The summed E-state index contributed by atoms with van der Waals surface area (Å²) >= 11 is 0. The average molecular weight is 360 g/mol. The van der Waals surface area contributed by atoms with Gasteiger partial charge in [-0.15, -0.1) is 0 Å². The van der Waals surface area contributed by atoms with Crippen LogP contribution < -0.4 is 10.8 Å². The van der Waals surface area contributed by atoms with Crippen LogP contribution in [0.1, 0.15) is 18.9 Å². The predicted molar refractivity (Wildman–Crippen MR) is 91.7 cm³/mol. The van der Waals surface area contributed by atoms with E-state index < -0.39 is 6.04 Å². The van der Waals surface area contributed by atoms with Gasteiger partial charge in [0.1, 0.15) is 11.9 Å². The second-order valence-corrected chi connectivity index (χ2v) is 7.21. The quantitative estimate of drug-likeness (QED) is 0.849. The van der Waals surface area contributed by atoms with Crippen LogP contribution in [0.2, 0.25) is 0 Å². The summed E-state index contributed by atoms with van der Waals surface area (Å²) < 4.78 is 20.2. The van der Waals surface area contributed by atoms with Gasteiger partial charge in [-0.25, -0.2) is 4.39 Å². The molecule has 7 nitrogen and oxygen atoms in total. The molecule has 2 atom stereocenters. The maximum absolute atomic E-state index is 13.3. The van der Waals surface area contributed by atoms with Gasteiger partial charge in [0.25, 0.3) is 0 Å². The fourth-order valence-corrected chi connectivity index (χ4v) is 3.24. The molecule has 2 aliphatic rings. The average Bonchev–Trinajstić information content (AvgIpc) is 3.22. The van der Waals surface area contributed by atoms with Crippen molar-refractivity contribution in [2.45, 2.75) is 32.0 Å². The maximum Gasteiger partial charge on any atom is 0.244 e. The fourth-order valence-electron chi connectivity index (χ4n) is 3.24. The number of benzene rings is 1. The first-order valence-corrected chi connectivity index (χ1v) is 8.58. The summed E-state index contributed by atoms with van der Waals surface area (Å²) in [5, 5.41) is 7.05. The molecule has 2 unspecified atom stereocenters. The standard InChI is InChI=1S/C18H21FN4O3/c1-18(10-25-11-18)16-6-15(22-26-16)17(24)21-14-7-20-23(9-14)8-12-3-2-4-13(19)5-12/h2-5,7,9,15-16,22H,6,8,10-11H2,1H3,(H,21,24). The van der Waals surface area contributed by atoms with Crippen molar-refractivity contribution in [2.75, 3.05) is 18.5 Å². The van der Waals surface area contributed by atoms with Crippen LogP contribution >= 0.6 is 0 Å². The van der Waals surface area contributed by atoms with E-state index in [0.29, 0.717) is 31.9 Å². The SMILES string of the molecule is CC1(C2CC(C(=O)Nc3cnn(Cc4cccc(F)c4)c3)NO2)COC1. The molecule has 1 aromatic carbocycles. The molecule has 1 aromatic heterocycles. The minimum atomic E-state index is -0.413. The summed E-state index contributed by atoms with van der Waals surface area (Å²) in [6, 6.07) is 5.94. The second kappa shape index (κ2) is 6.79. The number of hydroxylamine groups is 1. The van der Waals surface area contributed by atoms with E-state index >= 15 is 0 Å². The van der Waals surface area contributed by atoms with Crippen LogP contribution in [0, 0.1) is 11.2 Å². The first kappa shape index (κ1) is 17.1. The third-order valence-electron chi connectivity index (χ3n) is 4.89. The molecule has 0 bridgehead atoms. The molecule has 2 aliphatic heterocycles. The Morgan fingerprint density at radius 1 is 1.50 bits per heavy atom. The largest absolute Gasteiger partial charge is 0.380 e. The van der Waals surface area contributed by atoms with Crippen molar-refractivity contribution in [1.29, 1.82) is 0 Å². The van der Waals surface area contributed by atoms with Gasteiger partial charge in [0, 0.05) is 18.0 Å². The zero-order chi connectivity index (χ0) is 18.1. The number of nitrogens with one attached hydrogen (secondary N) is 2. The highest BCUT2D eigenvalue weighted by Crippen LogP contribution is 2.36. The van der Waals surface area contributed by atoms with Crippen molar-refractivity contribution in [1.82, 2.24) is 15.3 Å². The fraction of sp³-hybridized carbons (Fsp3) is 0.444. The molecule has 0 spiro atoms. The molecule has 2 N–H and O–H groups in total. The van der Waals surface area contributed by atoms with Gasteiger partial charge in [0.05, 0.1) is 37.7 Å². The van der Waals surface area contributed by atoms with Gasteiger partial charge in [0.15, 0.2) is 0 Å². The Hall–Kier alpha value is -2.29. The molecular formula is C18H21FN4O3. The van der Waals surface area contributed by atoms with E-state index in [9.17, 15) is 9.18 Å². The molecule has 0 radical (unpaired) electrons. The number of nitrogens with zero attached hydrogens (tertiary/aromatic N) is 2. The van der Waals surface area contributed by atoms with E-state index in [1.54, 1.807) is 23.1 Å². The maximum atomic E-state index is 13.3. The van der Waals surface area contributed by atoms with Crippen molar-refractivity contribution in [3.05, 3.63) is 48.0 Å². The number of aromatic nitrogens is 2. The van der Waals surface area contributed by atoms with Gasteiger partial charge >= 0.3 is 0 Å². The first-order valence-electron chi connectivity index (χ1n) is 8.58. The third kappa shape index (κ3) is 3.48. The second-order valence-electron chi connectivity index (χ2n) is 7.21. The van der Waals surface area contributed by atoms with E-state index in [1.165, 1.54) is 12.1 Å². The minimum Gasteiger partial charge on any atom is -0.380 e. The zero-order valence-corrected chi connectivity index (χ0v) is 14.4. The van der Waals surface area contributed by atoms with Crippen LogP contribution in [0.4, 0.5) is 10.1 Å². The van der Waals surface area contributed by atoms with Crippen LogP contribution in [0.15, 0.2) is 36.7 Å². The molecule has 26 heavy (non-hydrogen) atoms. The molecule has 138 valence electrons. The number of carbonyl (C=O) groups excluding carboxylic acids is 1. The molecule has 2 fully saturated rings. The normalized spacial score (nSPS) is 24.2. The van der Waals surface area contributed by atoms with E-state index in [4.69, 9.17) is 9.57 Å². The van der Waals surface area contributed by atoms with Crippen molar-refractivity contribution in [3.8, 4) is 0 Å². The zero-order valence-electron chi connectivity index (χ0n) is 14.4. The van der Waals surface area contributed by atoms with Gasteiger partial charge in [-0.1, -0.05) is 19.1 Å². The number of carbonyl (C=O) groups is 1. The van der Waals surface area contributed by atoms with Crippen molar-refractivity contribution >= 4 is 11.6 Å². The highest BCUT2D eigenvalue weighted by Gasteiger charge is 2.47. The molecule has 1 amide bonds. The lowest BCUT2D eigenvalue weighted by Gasteiger charge is -2.41. The molecule has 2 aromatic rings. The Morgan fingerprint density at radius 3 is 3.08 bits per heavy atom. The Kier molecular flexibility index (Phi) is 4.47. The molecular weight excluding hydrogens is 339 g/mol. The predicted octanol–water partition coefficient (Wildman–Crippen LogP) is 1.71. The van der Waals surface area contributed by atoms with Gasteiger partial charge in [-0.05, 0) is 17.7 Å². The van der Waals surface area contributed by atoms with Gasteiger partial charge < -0.3 is 10.1 Å². The smallest absolute Gasteiger partial charge is 0.244 e. The number of anilines is 1. The number of halogens is 1. The van der Waals surface area contributed by atoms with Crippen LogP contribution in [-0.2, 0) is 20.9 Å². The number of amides is 1. The molecule has 3 heterocycles. The topological polar surface area (TPSA) is 77.4 Å². The van der Waals surface area contributed by atoms with Crippen LogP contribution in [0.25, 0.3) is 0 Å². The van der Waals surface area contributed by atoms with Crippen molar-refractivity contribution in [2.24, 2.45) is 5.41 Å². The molecule has 4 rings (SSSR count). The number of rotatable bonds is 5. The van der Waals surface area contributed by atoms with Gasteiger partial charge in [0.2, 0.25) is 5.91 Å². The molecule has 0 saturated carbocycles. The number of hydrogen-bond donors (Lipinski definition) is 2. The summed E-state index contributed by atoms with van der Waals surface area (Å²) in [6.07, 6.45) is 3.86. The Labute approximate surface area is 150 Å². The van der Waals surface area contributed by atoms with Crippen LogP contribution in [-0.4, -0.2) is 41.0 Å². The summed E-state index contributed by atoms with van der Waals surface area (Å²) in [4.78, 5) is 18.0. The summed E-state index contributed by atoms with van der Waals surface area (Å²) in [5.74, 6) is -0.447. The van der Waals surface area contributed by atoms with Crippen LogP contribution in [0.5, 0.6) is 0 Å².